The predicted molar refractivity (Wildman–Crippen MR) is 67.1 cm³/mol. The highest BCUT2D eigenvalue weighted by Gasteiger charge is 2.16. The third-order valence-electron chi connectivity index (χ3n) is 2.89. The Balaban J connectivity index is 4.15. The van der Waals surface area contributed by atoms with Gasteiger partial charge in [-0.25, -0.2) is 0 Å². The smallest absolute Gasteiger partial charge is 0.0524 e. The molecule has 0 aliphatic heterocycles. The fraction of sp³-hybridized carbons (Fsp3) is 1.00. The van der Waals surface area contributed by atoms with E-state index in [0.717, 1.165) is 19.5 Å². The summed E-state index contributed by atoms with van der Waals surface area (Å²) in [5.74, 6) is 0.708. The van der Waals surface area contributed by atoms with Crippen LogP contribution < -0.4 is 0 Å². The van der Waals surface area contributed by atoms with Crippen molar-refractivity contribution in [1.29, 1.82) is 0 Å². The SMILES string of the molecule is CCC(CC)N(CCC(C)O)CC(C)C. The molecule has 1 unspecified atom stereocenters. The third kappa shape index (κ3) is 6.91. The zero-order valence-corrected chi connectivity index (χ0v) is 11.2. The van der Waals surface area contributed by atoms with Crippen molar-refractivity contribution in [1.82, 2.24) is 4.90 Å². The van der Waals surface area contributed by atoms with Crippen molar-refractivity contribution in [2.24, 2.45) is 5.92 Å². The average molecular weight is 215 g/mol. The van der Waals surface area contributed by atoms with Crippen LogP contribution in [0.15, 0.2) is 0 Å². The molecule has 2 heteroatoms. The van der Waals surface area contributed by atoms with E-state index in [-0.39, 0.29) is 6.10 Å². The van der Waals surface area contributed by atoms with Crippen LogP contribution in [0.3, 0.4) is 0 Å². The standard InChI is InChI=1S/C13H29NO/c1-6-13(7-2)14(10-11(3)4)9-8-12(5)15/h11-13,15H,6-10H2,1-5H3. The molecule has 0 aliphatic carbocycles. The van der Waals surface area contributed by atoms with Gasteiger partial charge in [-0.1, -0.05) is 27.7 Å². The molecule has 0 saturated carbocycles. The van der Waals surface area contributed by atoms with Crippen LogP contribution in [0.1, 0.15) is 53.9 Å². The zero-order chi connectivity index (χ0) is 11.8. The van der Waals surface area contributed by atoms with E-state index in [4.69, 9.17) is 0 Å². The quantitative estimate of drug-likeness (QED) is 0.673. The first-order chi connectivity index (χ1) is 7.01. The lowest BCUT2D eigenvalue weighted by atomic mass is 10.1. The number of rotatable bonds is 8. The predicted octanol–water partition coefficient (Wildman–Crippen LogP) is 2.90. The molecule has 15 heavy (non-hydrogen) atoms. The fourth-order valence-corrected chi connectivity index (χ4v) is 2.05. The van der Waals surface area contributed by atoms with Crippen molar-refractivity contribution in [2.75, 3.05) is 13.1 Å². The van der Waals surface area contributed by atoms with Gasteiger partial charge in [0, 0.05) is 19.1 Å². The largest absolute Gasteiger partial charge is 0.393 e. The number of hydrogen-bond donors (Lipinski definition) is 1. The van der Waals surface area contributed by atoms with Gasteiger partial charge in [0.1, 0.15) is 0 Å². The van der Waals surface area contributed by atoms with Crippen molar-refractivity contribution in [3.05, 3.63) is 0 Å². The maximum absolute atomic E-state index is 9.34. The molecule has 0 bridgehead atoms. The highest BCUT2D eigenvalue weighted by Crippen LogP contribution is 2.12. The van der Waals surface area contributed by atoms with Gasteiger partial charge in [-0.3, -0.25) is 0 Å². The summed E-state index contributed by atoms with van der Waals surface area (Å²) in [4.78, 5) is 2.54. The van der Waals surface area contributed by atoms with E-state index < -0.39 is 0 Å². The van der Waals surface area contributed by atoms with Gasteiger partial charge in [0.15, 0.2) is 0 Å². The van der Waals surface area contributed by atoms with Crippen LogP contribution in [-0.2, 0) is 0 Å². The Morgan fingerprint density at radius 1 is 1.07 bits per heavy atom. The summed E-state index contributed by atoms with van der Waals surface area (Å²) in [5, 5.41) is 9.34. The lowest BCUT2D eigenvalue weighted by Gasteiger charge is -2.32. The van der Waals surface area contributed by atoms with E-state index >= 15 is 0 Å². The first-order valence-electron chi connectivity index (χ1n) is 6.43. The van der Waals surface area contributed by atoms with Gasteiger partial charge in [0.05, 0.1) is 6.10 Å². The molecule has 0 spiro atoms. The van der Waals surface area contributed by atoms with Gasteiger partial charge >= 0.3 is 0 Å². The maximum atomic E-state index is 9.34. The van der Waals surface area contributed by atoms with Crippen molar-refractivity contribution in [3.63, 3.8) is 0 Å². The topological polar surface area (TPSA) is 23.5 Å². The van der Waals surface area contributed by atoms with E-state index in [2.05, 4.69) is 32.6 Å². The van der Waals surface area contributed by atoms with Crippen molar-refractivity contribution in [2.45, 2.75) is 66.0 Å². The van der Waals surface area contributed by atoms with Crippen molar-refractivity contribution in [3.8, 4) is 0 Å². The Morgan fingerprint density at radius 2 is 1.60 bits per heavy atom. The number of aliphatic hydroxyl groups excluding tert-OH is 1. The average Bonchev–Trinajstić information content (AvgIpc) is 2.14. The van der Waals surface area contributed by atoms with Gasteiger partial charge in [0.2, 0.25) is 0 Å². The van der Waals surface area contributed by atoms with Crippen LogP contribution in [0.25, 0.3) is 0 Å². The van der Waals surface area contributed by atoms with E-state index in [1.54, 1.807) is 0 Å². The Hall–Kier alpha value is -0.0800. The second-order valence-electron chi connectivity index (χ2n) is 5.00. The van der Waals surface area contributed by atoms with E-state index in [9.17, 15) is 5.11 Å². The zero-order valence-electron chi connectivity index (χ0n) is 11.2. The fourth-order valence-electron chi connectivity index (χ4n) is 2.05. The molecule has 0 amide bonds. The molecular formula is C13H29NO. The molecule has 0 rings (SSSR count). The minimum Gasteiger partial charge on any atom is -0.393 e. The summed E-state index contributed by atoms with van der Waals surface area (Å²) >= 11 is 0. The molecule has 0 aromatic rings. The van der Waals surface area contributed by atoms with Crippen LogP contribution in [0, 0.1) is 5.92 Å². The Labute approximate surface area is 95.7 Å². The Bertz CT molecular complexity index is 141. The minimum atomic E-state index is -0.172. The highest BCUT2D eigenvalue weighted by molar-refractivity contribution is 4.71. The van der Waals surface area contributed by atoms with E-state index in [1.165, 1.54) is 12.8 Å². The number of nitrogens with zero attached hydrogens (tertiary/aromatic N) is 1. The summed E-state index contributed by atoms with van der Waals surface area (Å²) in [7, 11) is 0. The molecule has 92 valence electrons. The van der Waals surface area contributed by atoms with E-state index in [1.807, 2.05) is 6.92 Å². The molecule has 0 aromatic heterocycles. The van der Waals surface area contributed by atoms with Gasteiger partial charge in [-0.15, -0.1) is 0 Å². The van der Waals surface area contributed by atoms with Crippen LogP contribution in [-0.4, -0.2) is 35.2 Å². The molecular weight excluding hydrogens is 186 g/mol. The number of hydrogen-bond acceptors (Lipinski definition) is 2. The van der Waals surface area contributed by atoms with Gasteiger partial charge in [-0.2, -0.15) is 0 Å². The molecule has 0 heterocycles. The molecule has 0 aliphatic rings. The maximum Gasteiger partial charge on any atom is 0.0524 e. The monoisotopic (exact) mass is 215 g/mol. The summed E-state index contributed by atoms with van der Waals surface area (Å²) in [5.41, 5.74) is 0. The lowest BCUT2D eigenvalue weighted by molar-refractivity contribution is 0.120. The summed E-state index contributed by atoms with van der Waals surface area (Å²) < 4.78 is 0. The Kier molecular flexibility index (Phi) is 8.07. The first kappa shape index (κ1) is 14.9. The molecule has 0 aromatic carbocycles. The molecule has 0 radical (unpaired) electrons. The van der Waals surface area contributed by atoms with E-state index in [0.29, 0.717) is 12.0 Å². The van der Waals surface area contributed by atoms with Crippen LogP contribution in [0.5, 0.6) is 0 Å². The van der Waals surface area contributed by atoms with Crippen molar-refractivity contribution >= 4 is 0 Å². The molecule has 0 fully saturated rings. The second kappa shape index (κ2) is 8.12. The number of aliphatic hydroxyl groups is 1. The molecule has 1 N–H and O–H groups in total. The summed E-state index contributed by atoms with van der Waals surface area (Å²) in [6, 6.07) is 0.686. The third-order valence-corrected chi connectivity index (χ3v) is 2.89. The molecule has 0 saturated heterocycles. The highest BCUT2D eigenvalue weighted by atomic mass is 16.3. The molecule has 2 nitrogen and oxygen atoms in total. The summed E-state index contributed by atoms with van der Waals surface area (Å²) in [6.07, 6.45) is 3.14. The first-order valence-corrected chi connectivity index (χ1v) is 6.43. The van der Waals surface area contributed by atoms with Gasteiger partial charge in [-0.05, 0) is 32.1 Å². The van der Waals surface area contributed by atoms with Gasteiger partial charge < -0.3 is 10.0 Å². The second-order valence-corrected chi connectivity index (χ2v) is 5.00. The normalized spacial score (nSPS) is 14.2. The van der Waals surface area contributed by atoms with Crippen LogP contribution >= 0.6 is 0 Å². The van der Waals surface area contributed by atoms with Gasteiger partial charge in [0.25, 0.3) is 0 Å². The minimum absolute atomic E-state index is 0.172. The van der Waals surface area contributed by atoms with Crippen LogP contribution in [0.4, 0.5) is 0 Å². The summed E-state index contributed by atoms with van der Waals surface area (Å²) in [6.45, 7) is 13.1. The van der Waals surface area contributed by atoms with Crippen molar-refractivity contribution < 1.29 is 5.11 Å². The Morgan fingerprint density at radius 3 is 1.93 bits per heavy atom. The molecule has 1 atom stereocenters. The lowest BCUT2D eigenvalue weighted by Crippen LogP contribution is -2.38. The van der Waals surface area contributed by atoms with Crippen LogP contribution in [0.2, 0.25) is 0 Å².